The number of fused-ring (bicyclic) bond motifs is 1. The van der Waals surface area contributed by atoms with E-state index in [9.17, 15) is 5.11 Å². The smallest absolute Gasteiger partial charge is 0.222 e. The van der Waals surface area contributed by atoms with Gasteiger partial charge in [-0.2, -0.15) is 4.98 Å². The number of hydrogen-bond acceptors (Lipinski definition) is 5. The van der Waals surface area contributed by atoms with E-state index in [4.69, 9.17) is 5.73 Å². The molecule has 90 valence electrons. The minimum Gasteiger partial charge on any atom is -0.507 e. The van der Waals surface area contributed by atoms with Gasteiger partial charge in [-0.3, -0.25) is 0 Å². The molecular weight excluding hydrogens is 216 g/mol. The van der Waals surface area contributed by atoms with Crippen molar-refractivity contribution < 1.29 is 5.11 Å². The average molecular weight is 232 g/mol. The quantitative estimate of drug-likeness (QED) is 0.703. The number of nitrogens with one attached hydrogen (secondary N) is 1. The highest BCUT2D eigenvalue weighted by Gasteiger charge is 2.09. The topological polar surface area (TPSA) is 84.1 Å². The molecule has 0 atom stereocenters. The molecule has 5 heteroatoms. The summed E-state index contributed by atoms with van der Waals surface area (Å²) < 4.78 is 0. The lowest BCUT2D eigenvalue weighted by molar-refractivity contribution is 0.481. The molecule has 2 rings (SSSR count). The largest absolute Gasteiger partial charge is 0.507 e. The number of phenols is 1. The Bertz CT molecular complexity index is 527. The molecule has 0 aliphatic rings. The molecule has 0 unspecified atom stereocenters. The highest BCUT2D eigenvalue weighted by atomic mass is 16.3. The molecule has 17 heavy (non-hydrogen) atoms. The molecule has 0 aliphatic heterocycles. The molecule has 5 nitrogen and oxygen atoms in total. The van der Waals surface area contributed by atoms with E-state index >= 15 is 0 Å². The van der Waals surface area contributed by atoms with Gasteiger partial charge in [-0.25, -0.2) is 4.98 Å². The van der Waals surface area contributed by atoms with Crippen molar-refractivity contribution >= 4 is 22.7 Å². The van der Waals surface area contributed by atoms with Crippen molar-refractivity contribution in [1.29, 1.82) is 0 Å². The summed E-state index contributed by atoms with van der Waals surface area (Å²) in [6.07, 6.45) is 2.14. The lowest BCUT2D eigenvalue weighted by atomic mass is 10.2. The molecule has 2 aromatic rings. The third-order valence-electron chi connectivity index (χ3n) is 2.54. The van der Waals surface area contributed by atoms with Crippen molar-refractivity contribution in [3.05, 3.63) is 18.2 Å². The molecule has 1 aromatic carbocycles. The normalized spacial score (nSPS) is 10.6. The van der Waals surface area contributed by atoms with Crippen LogP contribution in [0.15, 0.2) is 18.2 Å². The van der Waals surface area contributed by atoms with Crippen molar-refractivity contribution in [3.63, 3.8) is 0 Å². The minimum atomic E-state index is 0.168. The second-order valence-corrected chi connectivity index (χ2v) is 3.88. The number of nitrogens with two attached hydrogens (primary N) is 1. The number of benzene rings is 1. The summed E-state index contributed by atoms with van der Waals surface area (Å²) in [6.45, 7) is 2.92. The lowest BCUT2D eigenvalue weighted by Crippen LogP contribution is -2.06. The molecule has 4 N–H and O–H groups in total. The summed E-state index contributed by atoms with van der Waals surface area (Å²) in [6, 6.07) is 5.16. The number of phenolic OH excluding ortho intramolecular Hbond substituents is 1. The van der Waals surface area contributed by atoms with E-state index in [2.05, 4.69) is 22.2 Å². The number of nitrogens with zero attached hydrogens (tertiary/aromatic N) is 2. The van der Waals surface area contributed by atoms with Crippen LogP contribution < -0.4 is 11.1 Å². The SMILES string of the molecule is CCCCNc1nc(N)nc2cccc(O)c12. The van der Waals surface area contributed by atoms with Gasteiger partial charge in [0.15, 0.2) is 0 Å². The molecule has 0 saturated heterocycles. The van der Waals surface area contributed by atoms with Crippen LogP contribution in [0.5, 0.6) is 5.75 Å². The van der Waals surface area contributed by atoms with E-state index in [-0.39, 0.29) is 11.7 Å². The Balaban J connectivity index is 2.45. The van der Waals surface area contributed by atoms with Gasteiger partial charge in [0.05, 0.1) is 10.9 Å². The van der Waals surface area contributed by atoms with E-state index in [1.165, 1.54) is 0 Å². The molecule has 1 heterocycles. The Morgan fingerprint density at radius 1 is 1.35 bits per heavy atom. The molecule has 0 amide bonds. The van der Waals surface area contributed by atoms with E-state index in [1.807, 2.05) is 0 Å². The van der Waals surface area contributed by atoms with Crippen molar-refractivity contribution in [2.45, 2.75) is 19.8 Å². The fourth-order valence-corrected chi connectivity index (χ4v) is 1.69. The van der Waals surface area contributed by atoms with E-state index in [0.29, 0.717) is 16.7 Å². The zero-order valence-electron chi connectivity index (χ0n) is 9.77. The van der Waals surface area contributed by atoms with Gasteiger partial charge in [-0.05, 0) is 18.6 Å². The fraction of sp³-hybridized carbons (Fsp3) is 0.333. The number of aromatic hydroxyl groups is 1. The van der Waals surface area contributed by atoms with Gasteiger partial charge in [-0.15, -0.1) is 0 Å². The number of hydrogen-bond donors (Lipinski definition) is 3. The standard InChI is InChI=1S/C12H16N4O/c1-2-3-7-14-11-10-8(15-12(13)16-11)5-4-6-9(10)17/h4-6,17H,2-3,7H2,1H3,(H3,13,14,15,16). The predicted molar refractivity (Wildman–Crippen MR) is 69.0 cm³/mol. The van der Waals surface area contributed by atoms with Gasteiger partial charge in [-0.1, -0.05) is 19.4 Å². The third-order valence-corrected chi connectivity index (χ3v) is 2.54. The lowest BCUT2D eigenvalue weighted by Gasteiger charge is -2.09. The van der Waals surface area contributed by atoms with Crippen LogP contribution in [0, 0.1) is 0 Å². The van der Waals surface area contributed by atoms with Gasteiger partial charge in [0.25, 0.3) is 0 Å². The van der Waals surface area contributed by atoms with Crippen LogP contribution in [0.1, 0.15) is 19.8 Å². The maximum Gasteiger partial charge on any atom is 0.222 e. The van der Waals surface area contributed by atoms with Crippen molar-refractivity contribution in [1.82, 2.24) is 9.97 Å². The first-order chi connectivity index (χ1) is 8.22. The van der Waals surface area contributed by atoms with Crippen molar-refractivity contribution in [2.75, 3.05) is 17.6 Å². The van der Waals surface area contributed by atoms with E-state index in [1.54, 1.807) is 18.2 Å². The number of unbranched alkanes of at least 4 members (excludes halogenated alkanes) is 1. The molecule has 0 bridgehead atoms. The predicted octanol–water partition coefficient (Wildman–Crippen LogP) is 2.13. The molecule has 0 saturated carbocycles. The number of rotatable bonds is 4. The zero-order valence-corrected chi connectivity index (χ0v) is 9.77. The van der Waals surface area contributed by atoms with E-state index < -0.39 is 0 Å². The van der Waals surface area contributed by atoms with Crippen LogP contribution >= 0.6 is 0 Å². The summed E-state index contributed by atoms with van der Waals surface area (Å²) in [5.74, 6) is 0.975. The van der Waals surface area contributed by atoms with Gasteiger partial charge in [0.2, 0.25) is 5.95 Å². The van der Waals surface area contributed by atoms with Crippen LogP contribution in [0.3, 0.4) is 0 Å². The number of nitrogen functional groups attached to an aromatic ring is 1. The van der Waals surface area contributed by atoms with Crippen molar-refractivity contribution in [3.8, 4) is 5.75 Å². The number of aromatic nitrogens is 2. The van der Waals surface area contributed by atoms with Gasteiger partial charge in [0, 0.05) is 6.54 Å². The van der Waals surface area contributed by atoms with Gasteiger partial charge < -0.3 is 16.2 Å². The highest BCUT2D eigenvalue weighted by molar-refractivity contribution is 5.95. The molecule has 0 radical (unpaired) electrons. The second kappa shape index (κ2) is 4.86. The van der Waals surface area contributed by atoms with Crippen LogP contribution in [0.2, 0.25) is 0 Å². The summed E-state index contributed by atoms with van der Waals surface area (Å²) in [5.41, 5.74) is 6.28. The monoisotopic (exact) mass is 232 g/mol. The maximum atomic E-state index is 9.84. The second-order valence-electron chi connectivity index (χ2n) is 3.88. The Morgan fingerprint density at radius 2 is 2.18 bits per heavy atom. The summed E-state index contributed by atoms with van der Waals surface area (Å²) in [7, 11) is 0. The van der Waals surface area contributed by atoms with Gasteiger partial charge in [0.1, 0.15) is 11.6 Å². The summed E-state index contributed by atoms with van der Waals surface area (Å²) >= 11 is 0. The fourth-order valence-electron chi connectivity index (χ4n) is 1.69. The first kappa shape index (κ1) is 11.4. The summed E-state index contributed by atoms with van der Waals surface area (Å²) in [5, 5.41) is 13.6. The van der Waals surface area contributed by atoms with Gasteiger partial charge >= 0.3 is 0 Å². The Hall–Kier alpha value is -2.04. The van der Waals surface area contributed by atoms with E-state index in [0.717, 1.165) is 19.4 Å². The third kappa shape index (κ3) is 2.38. The highest BCUT2D eigenvalue weighted by Crippen LogP contribution is 2.29. The Kier molecular flexibility index (Phi) is 3.27. The van der Waals surface area contributed by atoms with Crippen LogP contribution in [-0.2, 0) is 0 Å². The van der Waals surface area contributed by atoms with Crippen LogP contribution in [0.25, 0.3) is 10.9 Å². The Labute approximate surface area is 99.7 Å². The molecule has 0 fully saturated rings. The van der Waals surface area contributed by atoms with Crippen LogP contribution in [0.4, 0.5) is 11.8 Å². The molecular formula is C12H16N4O. The zero-order chi connectivity index (χ0) is 12.3. The first-order valence-electron chi connectivity index (χ1n) is 5.71. The summed E-state index contributed by atoms with van der Waals surface area (Å²) in [4.78, 5) is 8.22. The molecule has 0 aliphatic carbocycles. The minimum absolute atomic E-state index is 0.168. The average Bonchev–Trinajstić information content (AvgIpc) is 2.28. The van der Waals surface area contributed by atoms with Crippen LogP contribution in [-0.4, -0.2) is 21.6 Å². The van der Waals surface area contributed by atoms with Crippen molar-refractivity contribution in [2.24, 2.45) is 0 Å². The first-order valence-corrected chi connectivity index (χ1v) is 5.71. The molecule has 1 aromatic heterocycles. The molecule has 0 spiro atoms. The Morgan fingerprint density at radius 3 is 2.94 bits per heavy atom. The maximum absolute atomic E-state index is 9.84. The number of anilines is 2.